The topological polar surface area (TPSA) is 52.0 Å². The maximum Gasteiger partial charge on any atom is 0.459 e. The monoisotopic (exact) mass is 434 g/mol. The van der Waals surface area contributed by atoms with E-state index < -0.39 is 33.4 Å². The molecule has 0 aliphatic carbocycles. The summed E-state index contributed by atoms with van der Waals surface area (Å²) in [6, 6.07) is 9.75. The standard InChI is InChI=1S/C18H12F6N2O2S/c1-29(27,28)14-8-6-13(7-9-14)26-15(11-2-4-12(19)5-3-11)10-16(25-26)17(20,21)18(22,23)24/h2-10H,1H3. The molecule has 0 N–H and O–H groups in total. The minimum atomic E-state index is -5.87. The molecule has 2 aromatic carbocycles. The van der Waals surface area contributed by atoms with Gasteiger partial charge in [-0.1, -0.05) is 0 Å². The van der Waals surface area contributed by atoms with Crippen LogP contribution in [0.2, 0.25) is 0 Å². The number of benzene rings is 2. The normalized spacial score (nSPS) is 12.9. The summed E-state index contributed by atoms with van der Waals surface area (Å²) < 4.78 is 103. The second-order valence-electron chi connectivity index (χ2n) is 6.17. The number of aromatic nitrogens is 2. The third-order valence-electron chi connectivity index (χ3n) is 4.04. The van der Waals surface area contributed by atoms with E-state index in [0.29, 0.717) is 6.07 Å². The van der Waals surface area contributed by atoms with E-state index >= 15 is 0 Å². The lowest BCUT2D eigenvalue weighted by Gasteiger charge is -2.16. The van der Waals surface area contributed by atoms with E-state index in [1.165, 1.54) is 36.4 Å². The maximum absolute atomic E-state index is 13.8. The van der Waals surface area contributed by atoms with Crippen molar-refractivity contribution in [3.05, 3.63) is 66.1 Å². The van der Waals surface area contributed by atoms with E-state index in [-0.39, 0.29) is 21.8 Å². The second kappa shape index (κ2) is 6.90. The van der Waals surface area contributed by atoms with Crippen LogP contribution in [-0.4, -0.2) is 30.6 Å². The van der Waals surface area contributed by atoms with Crippen LogP contribution in [-0.2, 0) is 15.8 Å². The van der Waals surface area contributed by atoms with Crippen molar-refractivity contribution in [2.24, 2.45) is 0 Å². The van der Waals surface area contributed by atoms with Crippen molar-refractivity contribution >= 4 is 9.84 Å². The molecule has 3 rings (SSSR count). The van der Waals surface area contributed by atoms with Crippen molar-refractivity contribution in [1.29, 1.82) is 0 Å². The van der Waals surface area contributed by atoms with E-state index in [0.717, 1.165) is 23.1 Å². The van der Waals surface area contributed by atoms with Gasteiger partial charge in [0.1, 0.15) is 11.5 Å². The summed E-state index contributed by atoms with van der Waals surface area (Å²) in [5.41, 5.74) is -1.52. The van der Waals surface area contributed by atoms with Crippen molar-refractivity contribution in [2.45, 2.75) is 17.0 Å². The first kappa shape index (κ1) is 20.9. The number of alkyl halides is 5. The highest BCUT2D eigenvalue weighted by Crippen LogP contribution is 2.44. The Balaban J connectivity index is 2.20. The van der Waals surface area contributed by atoms with Gasteiger partial charge < -0.3 is 0 Å². The Kier molecular flexibility index (Phi) is 4.98. The lowest BCUT2D eigenvalue weighted by Crippen LogP contribution is -2.34. The fourth-order valence-electron chi connectivity index (χ4n) is 2.54. The summed E-state index contributed by atoms with van der Waals surface area (Å²) in [6.45, 7) is 0. The number of nitrogens with zero attached hydrogens (tertiary/aromatic N) is 2. The van der Waals surface area contributed by atoms with Crippen LogP contribution in [0.4, 0.5) is 26.3 Å². The zero-order chi connectivity index (χ0) is 21.6. The van der Waals surface area contributed by atoms with Gasteiger partial charge in [-0.25, -0.2) is 17.5 Å². The Morgan fingerprint density at radius 1 is 0.897 bits per heavy atom. The molecule has 3 aromatic rings. The van der Waals surface area contributed by atoms with Gasteiger partial charge in [0.25, 0.3) is 0 Å². The Hall–Kier alpha value is -2.82. The lowest BCUT2D eigenvalue weighted by molar-refractivity contribution is -0.291. The summed E-state index contributed by atoms with van der Waals surface area (Å²) in [7, 11) is -3.55. The molecule has 154 valence electrons. The van der Waals surface area contributed by atoms with Gasteiger partial charge in [-0.15, -0.1) is 0 Å². The summed E-state index contributed by atoms with van der Waals surface area (Å²) >= 11 is 0. The van der Waals surface area contributed by atoms with Gasteiger partial charge >= 0.3 is 12.1 Å². The van der Waals surface area contributed by atoms with Crippen molar-refractivity contribution < 1.29 is 34.8 Å². The van der Waals surface area contributed by atoms with Crippen molar-refractivity contribution in [2.75, 3.05) is 6.26 Å². The van der Waals surface area contributed by atoms with Gasteiger partial charge in [-0.3, -0.25) is 0 Å². The number of sulfone groups is 1. The molecular formula is C18H12F6N2O2S. The van der Waals surface area contributed by atoms with Crippen LogP contribution in [0.3, 0.4) is 0 Å². The number of rotatable bonds is 4. The Labute approximate surface area is 161 Å². The van der Waals surface area contributed by atoms with E-state index in [9.17, 15) is 34.8 Å². The second-order valence-corrected chi connectivity index (χ2v) is 8.19. The summed E-state index contributed by atoms with van der Waals surface area (Å²) in [5.74, 6) is -5.85. The van der Waals surface area contributed by atoms with Gasteiger partial charge in [0.05, 0.1) is 16.3 Å². The van der Waals surface area contributed by atoms with Crippen molar-refractivity contribution in [3.63, 3.8) is 0 Å². The first-order valence-electron chi connectivity index (χ1n) is 7.92. The minimum Gasteiger partial charge on any atom is -0.233 e. The van der Waals surface area contributed by atoms with E-state index in [1.807, 2.05) is 0 Å². The third kappa shape index (κ3) is 4.00. The Bertz CT molecular complexity index is 1130. The highest BCUT2D eigenvalue weighted by Gasteiger charge is 2.60. The number of hydrogen-bond acceptors (Lipinski definition) is 3. The highest BCUT2D eigenvalue weighted by atomic mass is 32.2. The van der Waals surface area contributed by atoms with Crippen molar-refractivity contribution in [1.82, 2.24) is 9.78 Å². The lowest BCUT2D eigenvalue weighted by atomic mass is 10.1. The zero-order valence-electron chi connectivity index (χ0n) is 14.6. The molecule has 0 unspecified atom stereocenters. The van der Waals surface area contributed by atoms with E-state index in [4.69, 9.17) is 0 Å². The van der Waals surface area contributed by atoms with Gasteiger partial charge in [-0.05, 0) is 54.6 Å². The minimum absolute atomic E-state index is 0.0425. The molecule has 0 spiro atoms. The Morgan fingerprint density at radius 2 is 1.45 bits per heavy atom. The SMILES string of the molecule is CS(=O)(=O)c1ccc(-n2nc(C(F)(F)C(F)(F)F)cc2-c2ccc(F)cc2)cc1. The molecular weight excluding hydrogens is 422 g/mol. The average molecular weight is 434 g/mol. The van der Waals surface area contributed by atoms with Crippen LogP contribution in [0.15, 0.2) is 59.5 Å². The molecule has 0 radical (unpaired) electrons. The summed E-state index contributed by atoms with van der Waals surface area (Å²) in [5, 5.41) is 3.41. The van der Waals surface area contributed by atoms with Gasteiger partial charge in [0.15, 0.2) is 9.84 Å². The number of halogens is 6. The molecule has 0 aliphatic heterocycles. The van der Waals surface area contributed by atoms with Crippen LogP contribution < -0.4 is 0 Å². The molecule has 0 saturated carbocycles. The third-order valence-corrected chi connectivity index (χ3v) is 5.16. The molecule has 0 saturated heterocycles. The molecule has 1 aromatic heterocycles. The summed E-state index contributed by atoms with van der Waals surface area (Å²) in [4.78, 5) is -0.0717. The molecule has 0 amide bonds. The van der Waals surface area contributed by atoms with E-state index in [2.05, 4.69) is 5.10 Å². The zero-order valence-corrected chi connectivity index (χ0v) is 15.4. The van der Waals surface area contributed by atoms with Gasteiger partial charge in [0, 0.05) is 11.8 Å². The molecule has 1 heterocycles. The maximum atomic E-state index is 13.8. The highest BCUT2D eigenvalue weighted by molar-refractivity contribution is 7.90. The van der Waals surface area contributed by atoms with Gasteiger partial charge in [-0.2, -0.15) is 27.1 Å². The molecule has 29 heavy (non-hydrogen) atoms. The Morgan fingerprint density at radius 3 is 1.93 bits per heavy atom. The fraction of sp³-hybridized carbons (Fsp3) is 0.167. The summed E-state index contributed by atoms with van der Waals surface area (Å²) in [6.07, 6.45) is -4.91. The van der Waals surface area contributed by atoms with E-state index in [1.54, 1.807) is 0 Å². The predicted octanol–water partition coefficient (Wildman–Crippen LogP) is 4.74. The van der Waals surface area contributed by atoms with Crippen molar-refractivity contribution in [3.8, 4) is 16.9 Å². The van der Waals surface area contributed by atoms with Crippen LogP contribution in [0, 0.1) is 5.82 Å². The average Bonchev–Trinajstić information content (AvgIpc) is 3.07. The largest absolute Gasteiger partial charge is 0.459 e. The first-order chi connectivity index (χ1) is 13.3. The van der Waals surface area contributed by atoms with Crippen LogP contribution in [0.5, 0.6) is 0 Å². The van der Waals surface area contributed by atoms with Gasteiger partial charge in [0.2, 0.25) is 0 Å². The van der Waals surface area contributed by atoms with Crippen LogP contribution >= 0.6 is 0 Å². The molecule has 0 aliphatic rings. The number of hydrogen-bond donors (Lipinski definition) is 0. The molecule has 0 bridgehead atoms. The van der Waals surface area contributed by atoms with Crippen LogP contribution in [0.25, 0.3) is 16.9 Å². The smallest absolute Gasteiger partial charge is 0.233 e. The molecule has 4 nitrogen and oxygen atoms in total. The molecule has 0 fully saturated rings. The van der Waals surface area contributed by atoms with Crippen LogP contribution in [0.1, 0.15) is 5.69 Å². The fourth-order valence-corrected chi connectivity index (χ4v) is 3.17. The first-order valence-corrected chi connectivity index (χ1v) is 9.81. The molecule has 0 atom stereocenters. The quantitative estimate of drug-likeness (QED) is 0.558. The molecule has 11 heteroatoms. The predicted molar refractivity (Wildman–Crippen MR) is 92.0 cm³/mol.